The van der Waals surface area contributed by atoms with Crippen LogP contribution in [0.1, 0.15) is 54.1 Å². The standard InChI is InChI=1S/C24H31N3O3/c1-19-7-9-21(10-8-19)18-26(17-5-16-25-15-4-3-6-20(25)2)24(28)22-11-13-23(14-12-22)27(29)30/h7-14,20H,3-6,15-18H2,1-2H3. The Morgan fingerprint density at radius 1 is 1.13 bits per heavy atom. The number of piperidine rings is 1. The Hall–Kier alpha value is -2.73. The van der Waals surface area contributed by atoms with Crippen LogP contribution >= 0.6 is 0 Å². The first-order valence-electron chi connectivity index (χ1n) is 10.8. The van der Waals surface area contributed by atoms with Gasteiger partial charge in [-0.25, -0.2) is 0 Å². The van der Waals surface area contributed by atoms with Gasteiger partial charge in [0.1, 0.15) is 0 Å². The Kier molecular flexibility index (Phi) is 7.57. The number of rotatable bonds is 8. The van der Waals surface area contributed by atoms with Gasteiger partial charge >= 0.3 is 0 Å². The summed E-state index contributed by atoms with van der Waals surface area (Å²) < 4.78 is 0. The maximum atomic E-state index is 13.2. The molecule has 1 aliphatic rings. The fourth-order valence-corrected chi connectivity index (χ4v) is 4.03. The van der Waals surface area contributed by atoms with Crippen LogP contribution in [-0.2, 0) is 6.54 Å². The molecule has 0 N–H and O–H groups in total. The molecule has 0 aromatic heterocycles. The summed E-state index contributed by atoms with van der Waals surface area (Å²) in [6, 6.07) is 14.7. The summed E-state index contributed by atoms with van der Waals surface area (Å²) in [7, 11) is 0. The summed E-state index contributed by atoms with van der Waals surface area (Å²) in [4.78, 5) is 28.0. The Balaban J connectivity index is 1.69. The number of hydrogen-bond donors (Lipinski definition) is 0. The number of hydrogen-bond acceptors (Lipinski definition) is 4. The van der Waals surface area contributed by atoms with Crippen molar-refractivity contribution in [2.75, 3.05) is 19.6 Å². The van der Waals surface area contributed by atoms with E-state index in [1.54, 1.807) is 12.1 Å². The molecule has 1 aliphatic heterocycles. The average Bonchev–Trinajstić information content (AvgIpc) is 2.75. The van der Waals surface area contributed by atoms with E-state index in [4.69, 9.17) is 0 Å². The summed E-state index contributed by atoms with van der Waals surface area (Å²) in [5, 5.41) is 10.9. The second-order valence-electron chi connectivity index (χ2n) is 8.25. The van der Waals surface area contributed by atoms with E-state index in [-0.39, 0.29) is 11.6 Å². The van der Waals surface area contributed by atoms with E-state index in [0.717, 1.165) is 25.1 Å². The van der Waals surface area contributed by atoms with E-state index in [0.29, 0.717) is 24.7 Å². The largest absolute Gasteiger partial charge is 0.334 e. The molecule has 6 heteroatoms. The summed E-state index contributed by atoms with van der Waals surface area (Å²) in [5.41, 5.74) is 2.75. The zero-order chi connectivity index (χ0) is 21.5. The molecule has 2 aromatic rings. The van der Waals surface area contributed by atoms with Crippen LogP contribution in [0.2, 0.25) is 0 Å². The lowest BCUT2D eigenvalue weighted by atomic mass is 10.0. The van der Waals surface area contributed by atoms with Gasteiger partial charge in [-0.15, -0.1) is 0 Å². The average molecular weight is 410 g/mol. The summed E-state index contributed by atoms with van der Waals surface area (Å²) >= 11 is 0. The van der Waals surface area contributed by atoms with Crippen molar-refractivity contribution in [1.82, 2.24) is 9.80 Å². The number of benzene rings is 2. The van der Waals surface area contributed by atoms with Crippen molar-refractivity contribution in [1.29, 1.82) is 0 Å². The molecular formula is C24H31N3O3. The van der Waals surface area contributed by atoms with Crippen LogP contribution in [-0.4, -0.2) is 46.3 Å². The summed E-state index contributed by atoms with van der Waals surface area (Å²) in [5.74, 6) is -0.0860. The number of carbonyl (C=O) groups excluding carboxylic acids is 1. The highest BCUT2D eigenvalue weighted by Crippen LogP contribution is 2.18. The van der Waals surface area contributed by atoms with Gasteiger partial charge in [-0.3, -0.25) is 14.9 Å². The van der Waals surface area contributed by atoms with Gasteiger partial charge in [-0.2, -0.15) is 0 Å². The fourth-order valence-electron chi connectivity index (χ4n) is 4.03. The van der Waals surface area contributed by atoms with Crippen molar-refractivity contribution < 1.29 is 9.72 Å². The van der Waals surface area contributed by atoms with Crippen molar-refractivity contribution in [2.45, 2.75) is 52.1 Å². The minimum absolute atomic E-state index is 0.00396. The first-order chi connectivity index (χ1) is 14.4. The Morgan fingerprint density at radius 2 is 1.83 bits per heavy atom. The topological polar surface area (TPSA) is 66.7 Å². The third-order valence-corrected chi connectivity index (χ3v) is 5.92. The van der Waals surface area contributed by atoms with Gasteiger partial charge in [0, 0.05) is 43.4 Å². The van der Waals surface area contributed by atoms with Crippen molar-refractivity contribution in [3.63, 3.8) is 0 Å². The van der Waals surface area contributed by atoms with Gasteiger partial charge < -0.3 is 9.80 Å². The van der Waals surface area contributed by atoms with Crippen LogP contribution in [0.4, 0.5) is 5.69 Å². The predicted molar refractivity (Wildman–Crippen MR) is 119 cm³/mol. The first-order valence-corrected chi connectivity index (χ1v) is 10.8. The third-order valence-electron chi connectivity index (χ3n) is 5.92. The van der Waals surface area contributed by atoms with Crippen molar-refractivity contribution in [3.05, 3.63) is 75.3 Å². The van der Waals surface area contributed by atoms with E-state index in [2.05, 4.69) is 36.1 Å². The molecule has 1 heterocycles. The molecule has 1 amide bonds. The monoisotopic (exact) mass is 409 g/mol. The molecule has 1 unspecified atom stereocenters. The number of nitro benzene ring substituents is 1. The Bertz CT molecular complexity index is 849. The first kappa shape index (κ1) is 22.0. The lowest BCUT2D eigenvalue weighted by molar-refractivity contribution is -0.384. The number of nitrogens with zero attached hydrogens (tertiary/aromatic N) is 3. The van der Waals surface area contributed by atoms with Crippen LogP contribution in [0, 0.1) is 17.0 Å². The molecule has 0 aliphatic carbocycles. The highest BCUT2D eigenvalue weighted by molar-refractivity contribution is 5.94. The van der Waals surface area contributed by atoms with Gasteiger partial charge in [-0.05, 0) is 57.4 Å². The van der Waals surface area contributed by atoms with E-state index >= 15 is 0 Å². The molecule has 1 saturated heterocycles. The minimum atomic E-state index is -0.446. The van der Waals surface area contributed by atoms with E-state index in [1.165, 1.54) is 37.0 Å². The number of nitro groups is 1. The maximum Gasteiger partial charge on any atom is 0.269 e. The van der Waals surface area contributed by atoms with Gasteiger partial charge in [0.2, 0.25) is 0 Å². The van der Waals surface area contributed by atoms with Crippen molar-refractivity contribution >= 4 is 11.6 Å². The Labute approximate surface area is 178 Å². The van der Waals surface area contributed by atoms with E-state index in [1.807, 2.05) is 11.8 Å². The van der Waals surface area contributed by atoms with E-state index < -0.39 is 4.92 Å². The molecule has 1 atom stereocenters. The number of likely N-dealkylation sites (tertiary alicyclic amines) is 1. The number of non-ortho nitro benzene ring substituents is 1. The van der Waals surface area contributed by atoms with Gasteiger partial charge in [0.15, 0.2) is 0 Å². The quantitative estimate of drug-likeness (QED) is 0.463. The van der Waals surface area contributed by atoms with Crippen molar-refractivity contribution in [2.24, 2.45) is 0 Å². The summed E-state index contributed by atoms with van der Waals surface area (Å²) in [6.07, 6.45) is 4.71. The fraction of sp³-hybridized carbons (Fsp3) is 0.458. The normalized spacial score (nSPS) is 16.9. The zero-order valence-electron chi connectivity index (χ0n) is 17.9. The number of aryl methyl sites for hydroxylation is 1. The second-order valence-corrected chi connectivity index (χ2v) is 8.25. The molecule has 30 heavy (non-hydrogen) atoms. The van der Waals surface area contributed by atoms with Crippen LogP contribution in [0.25, 0.3) is 0 Å². The van der Waals surface area contributed by atoms with E-state index in [9.17, 15) is 14.9 Å². The zero-order valence-corrected chi connectivity index (χ0v) is 17.9. The molecular weight excluding hydrogens is 378 g/mol. The van der Waals surface area contributed by atoms with Crippen LogP contribution in [0.3, 0.4) is 0 Å². The highest BCUT2D eigenvalue weighted by atomic mass is 16.6. The molecule has 6 nitrogen and oxygen atoms in total. The van der Waals surface area contributed by atoms with Crippen LogP contribution in [0.15, 0.2) is 48.5 Å². The number of amides is 1. The number of carbonyl (C=O) groups is 1. The molecule has 3 rings (SSSR count). The molecule has 1 fully saturated rings. The SMILES string of the molecule is Cc1ccc(CN(CCCN2CCCCC2C)C(=O)c2ccc([N+](=O)[O-])cc2)cc1. The molecule has 2 aromatic carbocycles. The Morgan fingerprint density at radius 3 is 2.47 bits per heavy atom. The van der Waals surface area contributed by atoms with Gasteiger partial charge in [0.25, 0.3) is 11.6 Å². The molecule has 0 radical (unpaired) electrons. The highest BCUT2D eigenvalue weighted by Gasteiger charge is 2.20. The maximum absolute atomic E-state index is 13.2. The minimum Gasteiger partial charge on any atom is -0.334 e. The van der Waals surface area contributed by atoms with Crippen molar-refractivity contribution in [3.8, 4) is 0 Å². The second kappa shape index (κ2) is 10.3. The molecule has 0 spiro atoms. The van der Waals surface area contributed by atoms with Crippen LogP contribution < -0.4 is 0 Å². The smallest absolute Gasteiger partial charge is 0.269 e. The molecule has 160 valence electrons. The summed E-state index contributed by atoms with van der Waals surface area (Å²) in [6.45, 7) is 7.64. The van der Waals surface area contributed by atoms with Gasteiger partial charge in [0.05, 0.1) is 4.92 Å². The molecule has 0 saturated carbocycles. The van der Waals surface area contributed by atoms with Gasteiger partial charge in [-0.1, -0.05) is 36.2 Å². The molecule has 0 bridgehead atoms. The lowest BCUT2D eigenvalue weighted by Crippen LogP contribution is -2.40. The lowest BCUT2D eigenvalue weighted by Gasteiger charge is -2.34. The predicted octanol–water partition coefficient (Wildman–Crippen LogP) is 4.81. The van der Waals surface area contributed by atoms with Crippen LogP contribution in [0.5, 0.6) is 0 Å². The third kappa shape index (κ3) is 5.89.